The molecule has 39 heavy (non-hydrogen) atoms. The molecule has 7 nitrogen and oxygen atoms in total. The van der Waals surface area contributed by atoms with Crippen molar-refractivity contribution in [3.8, 4) is 23.1 Å². The van der Waals surface area contributed by atoms with Gasteiger partial charge in [0.25, 0.3) is 0 Å². The van der Waals surface area contributed by atoms with Gasteiger partial charge in [-0.25, -0.2) is 9.78 Å². The first-order valence-electron chi connectivity index (χ1n) is 11.8. The molecule has 0 saturated carbocycles. The number of hydrogen-bond acceptors (Lipinski definition) is 6. The summed E-state index contributed by atoms with van der Waals surface area (Å²) in [7, 11) is 0. The lowest BCUT2D eigenvalue weighted by Crippen LogP contribution is -2.49. The van der Waals surface area contributed by atoms with Crippen molar-refractivity contribution in [2.75, 3.05) is 13.1 Å². The molecule has 0 N–H and O–H groups in total. The molecule has 2 aliphatic rings. The third-order valence-electron chi connectivity index (χ3n) is 6.45. The zero-order valence-electron chi connectivity index (χ0n) is 20.1. The first-order valence-corrected chi connectivity index (χ1v) is 11.8. The number of piperazine rings is 1. The molecule has 5 rings (SSSR count). The third kappa shape index (κ3) is 6.53. The van der Waals surface area contributed by atoms with Crippen LogP contribution in [0.3, 0.4) is 0 Å². The summed E-state index contributed by atoms with van der Waals surface area (Å²) in [5.41, 5.74) is -0.0514. The molecule has 2 aromatic carbocycles. The van der Waals surface area contributed by atoms with E-state index in [2.05, 4.69) is 14.6 Å². The molecule has 206 valence electrons. The van der Waals surface area contributed by atoms with Gasteiger partial charge in [0.1, 0.15) is 17.2 Å². The molecular formula is C26H21F6N3O4. The second-order valence-electron chi connectivity index (χ2n) is 9.14. The summed E-state index contributed by atoms with van der Waals surface area (Å²) in [6.45, 7) is 1.60. The Bertz CT molecular complexity index is 1300. The summed E-state index contributed by atoms with van der Waals surface area (Å²) < 4.78 is 89.8. The second kappa shape index (κ2) is 10.3. The fraction of sp³-hybridized carbons (Fsp3) is 0.308. The maximum Gasteiger partial charge on any atom is 0.573 e. The predicted octanol–water partition coefficient (Wildman–Crippen LogP) is 6.25. The minimum atomic E-state index is -4.74. The van der Waals surface area contributed by atoms with E-state index in [9.17, 15) is 31.1 Å². The van der Waals surface area contributed by atoms with Gasteiger partial charge >= 0.3 is 18.6 Å². The van der Waals surface area contributed by atoms with Crippen LogP contribution in [0.15, 0.2) is 66.9 Å². The number of carbonyl (C=O) groups is 1. The summed E-state index contributed by atoms with van der Waals surface area (Å²) in [5, 5.41) is 0. The maximum absolute atomic E-state index is 12.8. The number of ether oxygens (including phenoxy) is 3. The molecule has 3 aromatic rings. The standard InChI is InChI=1S/C26H21F6N3O4/c27-25(28,29)17-3-10-23(33-12-17)37-20-6-8-21(9-7-20)38-24(36)35-15-18-11-19(35)14-34(18)13-16-1-4-22(5-2-16)39-26(30,31)32/h1-10,12,18-19H,11,13-15H2. The van der Waals surface area contributed by atoms with E-state index in [-0.39, 0.29) is 29.5 Å². The Morgan fingerprint density at radius 1 is 0.846 bits per heavy atom. The molecule has 13 heteroatoms. The molecule has 1 aromatic heterocycles. The highest BCUT2D eigenvalue weighted by atomic mass is 19.4. The quantitative estimate of drug-likeness (QED) is 0.337. The number of amides is 1. The van der Waals surface area contributed by atoms with Gasteiger partial charge in [-0.2, -0.15) is 13.2 Å². The summed E-state index contributed by atoms with van der Waals surface area (Å²) in [6, 6.07) is 13.8. The van der Waals surface area contributed by atoms with Crippen molar-refractivity contribution in [1.82, 2.24) is 14.8 Å². The number of fused-ring (bicyclic) bond motifs is 2. The van der Waals surface area contributed by atoms with Crippen molar-refractivity contribution >= 4 is 6.09 Å². The van der Waals surface area contributed by atoms with E-state index in [1.54, 1.807) is 17.0 Å². The minimum absolute atomic E-state index is 0.0176. The zero-order chi connectivity index (χ0) is 27.8. The minimum Gasteiger partial charge on any atom is -0.439 e. The summed E-state index contributed by atoms with van der Waals surface area (Å²) in [5.74, 6) is 0.277. The van der Waals surface area contributed by atoms with E-state index in [0.29, 0.717) is 31.6 Å². The van der Waals surface area contributed by atoms with Crippen molar-refractivity contribution in [1.29, 1.82) is 0 Å². The van der Waals surface area contributed by atoms with Crippen LogP contribution in [0, 0.1) is 0 Å². The fourth-order valence-electron chi connectivity index (χ4n) is 4.66. The molecule has 2 saturated heterocycles. The molecule has 0 spiro atoms. The van der Waals surface area contributed by atoms with Crippen LogP contribution < -0.4 is 14.2 Å². The Balaban J connectivity index is 1.10. The number of hydrogen-bond donors (Lipinski definition) is 0. The van der Waals surface area contributed by atoms with Gasteiger partial charge in [0.05, 0.1) is 5.56 Å². The van der Waals surface area contributed by atoms with Crippen LogP contribution in [0.4, 0.5) is 31.1 Å². The lowest BCUT2D eigenvalue weighted by atomic mass is 10.2. The molecule has 0 aliphatic carbocycles. The van der Waals surface area contributed by atoms with E-state index in [1.807, 2.05) is 0 Å². The number of benzene rings is 2. The van der Waals surface area contributed by atoms with Crippen LogP contribution in [0.1, 0.15) is 17.5 Å². The molecule has 2 unspecified atom stereocenters. The van der Waals surface area contributed by atoms with Crippen LogP contribution in [-0.4, -0.2) is 52.4 Å². The van der Waals surface area contributed by atoms with E-state index < -0.39 is 24.2 Å². The lowest BCUT2D eigenvalue weighted by Gasteiger charge is -2.33. The largest absolute Gasteiger partial charge is 0.573 e. The number of nitrogens with zero attached hydrogens (tertiary/aromatic N) is 3. The van der Waals surface area contributed by atoms with Crippen molar-refractivity contribution < 1.29 is 45.3 Å². The monoisotopic (exact) mass is 553 g/mol. The van der Waals surface area contributed by atoms with Crippen LogP contribution in [-0.2, 0) is 12.7 Å². The molecule has 2 atom stereocenters. The van der Waals surface area contributed by atoms with Crippen molar-refractivity contribution in [2.24, 2.45) is 0 Å². The molecule has 3 heterocycles. The van der Waals surface area contributed by atoms with Gasteiger partial charge in [0, 0.05) is 44.0 Å². The van der Waals surface area contributed by atoms with E-state index in [1.165, 1.54) is 36.4 Å². The average Bonchev–Trinajstić information content (AvgIpc) is 3.46. The van der Waals surface area contributed by atoms with Gasteiger partial charge in [0.15, 0.2) is 0 Å². The number of halogens is 6. The smallest absolute Gasteiger partial charge is 0.439 e. The van der Waals surface area contributed by atoms with E-state index >= 15 is 0 Å². The maximum atomic E-state index is 12.8. The van der Waals surface area contributed by atoms with Gasteiger partial charge in [-0.15, -0.1) is 13.2 Å². The van der Waals surface area contributed by atoms with Crippen molar-refractivity contribution in [3.63, 3.8) is 0 Å². The fourth-order valence-corrected chi connectivity index (χ4v) is 4.66. The Labute approximate surface area is 218 Å². The number of alkyl halides is 6. The van der Waals surface area contributed by atoms with Crippen LogP contribution in [0.2, 0.25) is 0 Å². The molecule has 2 aliphatic heterocycles. The summed E-state index contributed by atoms with van der Waals surface area (Å²) >= 11 is 0. The topological polar surface area (TPSA) is 64.1 Å². The highest BCUT2D eigenvalue weighted by molar-refractivity contribution is 5.72. The number of aromatic nitrogens is 1. The normalized spacial score (nSPS) is 19.3. The Morgan fingerprint density at radius 2 is 1.51 bits per heavy atom. The average molecular weight is 553 g/mol. The highest BCUT2D eigenvalue weighted by Crippen LogP contribution is 2.34. The zero-order valence-corrected chi connectivity index (χ0v) is 20.1. The first kappa shape index (κ1) is 26.6. The van der Waals surface area contributed by atoms with Crippen LogP contribution in [0.5, 0.6) is 23.1 Å². The van der Waals surface area contributed by atoms with E-state index in [0.717, 1.165) is 24.1 Å². The second-order valence-corrected chi connectivity index (χ2v) is 9.14. The van der Waals surface area contributed by atoms with Gasteiger partial charge < -0.3 is 19.1 Å². The molecular weight excluding hydrogens is 532 g/mol. The summed E-state index contributed by atoms with van der Waals surface area (Å²) in [4.78, 5) is 20.2. The van der Waals surface area contributed by atoms with Crippen molar-refractivity contribution in [2.45, 2.75) is 37.6 Å². The number of rotatable bonds is 6. The predicted molar refractivity (Wildman–Crippen MR) is 124 cm³/mol. The SMILES string of the molecule is O=C(Oc1ccc(Oc2ccc(C(F)(F)F)cn2)cc1)N1CC2CC1CN2Cc1ccc(OC(F)(F)F)cc1. The Hall–Kier alpha value is -4.00. The van der Waals surface area contributed by atoms with E-state index in [4.69, 9.17) is 9.47 Å². The Morgan fingerprint density at radius 3 is 2.08 bits per heavy atom. The van der Waals surface area contributed by atoms with Crippen LogP contribution in [0.25, 0.3) is 0 Å². The lowest BCUT2D eigenvalue weighted by molar-refractivity contribution is -0.274. The summed E-state index contributed by atoms with van der Waals surface area (Å²) in [6.07, 6.45) is -8.30. The third-order valence-corrected chi connectivity index (χ3v) is 6.45. The molecule has 1 amide bonds. The molecule has 2 fully saturated rings. The van der Waals surface area contributed by atoms with Gasteiger partial charge in [-0.05, 0) is 54.4 Å². The van der Waals surface area contributed by atoms with Gasteiger partial charge in [-0.1, -0.05) is 12.1 Å². The highest BCUT2D eigenvalue weighted by Gasteiger charge is 2.45. The van der Waals surface area contributed by atoms with Crippen LogP contribution >= 0.6 is 0 Å². The first-order chi connectivity index (χ1) is 18.4. The molecule has 2 bridgehead atoms. The number of pyridine rings is 1. The van der Waals surface area contributed by atoms with Crippen molar-refractivity contribution in [3.05, 3.63) is 78.0 Å². The molecule has 0 radical (unpaired) electrons. The Kier molecular flexibility index (Phi) is 7.02. The van der Waals surface area contributed by atoms with Gasteiger partial charge in [0.2, 0.25) is 5.88 Å². The number of likely N-dealkylation sites (tertiary alicyclic amines) is 2. The number of carbonyl (C=O) groups excluding carboxylic acids is 1. The van der Waals surface area contributed by atoms with Gasteiger partial charge in [-0.3, -0.25) is 4.90 Å².